The van der Waals surface area contributed by atoms with E-state index in [4.69, 9.17) is 5.84 Å². The SMILES string of the molecule is C=CCCCC(NN)c1cc(F)ccc1Br. The zero-order chi connectivity index (χ0) is 12.0. The van der Waals surface area contributed by atoms with Crippen molar-refractivity contribution in [1.82, 2.24) is 5.43 Å². The number of nitrogens with two attached hydrogens (primary N) is 1. The molecule has 0 aliphatic carbocycles. The van der Waals surface area contributed by atoms with Gasteiger partial charge >= 0.3 is 0 Å². The fourth-order valence-electron chi connectivity index (χ4n) is 1.58. The molecule has 0 saturated heterocycles. The Bertz CT molecular complexity index is 355. The Balaban J connectivity index is 2.77. The smallest absolute Gasteiger partial charge is 0.123 e. The monoisotopic (exact) mass is 286 g/mol. The Morgan fingerprint density at radius 2 is 2.31 bits per heavy atom. The molecule has 0 radical (unpaired) electrons. The average molecular weight is 287 g/mol. The largest absolute Gasteiger partial charge is 0.271 e. The van der Waals surface area contributed by atoms with Crippen LogP contribution in [0.3, 0.4) is 0 Å². The minimum atomic E-state index is -0.248. The van der Waals surface area contributed by atoms with Crippen molar-refractivity contribution in [1.29, 1.82) is 0 Å². The lowest BCUT2D eigenvalue weighted by atomic mass is 10.0. The number of hydrogen-bond donors (Lipinski definition) is 2. The van der Waals surface area contributed by atoms with Gasteiger partial charge in [-0.05, 0) is 43.0 Å². The van der Waals surface area contributed by atoms with Crippen molar-refractivity contribution >= 4 is 15.9 Å². The van der Waals surface area contributed by atoms with Gasteiger partial charge in [-0.3, -0.25) is 11.3 Å². The van der Waals surface area contributed by atoms with Gasteiger partial charge < -0.3 is 0 Å². The minimum absolute atomic E-state index is 0.0370. The predicted molar refractivity (Wildman–Crippen MR) is 68.2 cm³/mol. The van der Waals surface area contributed by atoms with Gasteiger partial charge in [0.25, 0.3) is 0 Å². The summed E-state index contributed by atoms with van der Waals surface area (Å²) >= 11 is 3.40. The van der Waals surface area contributed by atoms with Gasteiger partial charge in [0.2, 0.25) is 0 Å². The molecule has 16 heavy (non-hydrogen) atoms. The second-order valence-electron chi connectivity index (χ2n) is 3.60. The molecule has 0 fully saturated rings. The molecular formula is C12H16BrFN2. The Kier molecular flexibility index (Phi) is 5.66. The van der Waals surface area contributed by atoms with Crippen molar-refractivity contribution in [3.05, 3.63) is 46.7 Å². The van der Waals surface area contributed by atoms with E-state index in [1.165, 1.54) is 12.1 Å². The summed E-state index contributed by atoms with van der Waals surface area (Å²) < 4.78 is 14.0. The zero-order valence-electron chi connectivity index (χ0n) is 9.05. The normalized spacial score (nSPS) is 12.4. The molecule has 0 heterocycles. The quantitative estimate of drug-likeness (QED) is 0.364. The molecule has 0 bridgehead atoms. The Morgan fingerprint density at radius 3 is 2.94 bits per heavy atom. The van der Waals surface area contributed by atoms with Crippen molar-refractivity contribution < 1.29 is 4.39 Å². The highest BCUT2D eigenvalue weighted by Gasteiger charge is 2.13. The van der Waals surface area contributed by atoms with E-state index in [0.29, 0.717) is 0 Å². The van der Waals surface area contributed by atoms with Crippen molar-refractivity contribution in [3.8, 4) is 0 Å². The highest BCUT2D eigenvalue weighted by atomic mass is 79.9. The lowest BCUT2D eigenvalue weighted by molar-refractivity contribution is 0.495. The summed E-state index contributed by atoms with van der Waals surface area (Å²) in [5.74, 6) is 5.24. The molecule has 1 unspecified atom stereocenters. The van der Waals surface area contributed by atoms with Crippen LogP contribution in [0.25, 0.3) is 0 Å². The third kappa shape index (κ3) is 3.70. The van der Waals surface area contributed by atoms with Crippen molar-refractivity contribution in [2.75, 3.05) is 0 Å². The molecule has 0 spiro atoms. The van der Waals surface area contributed by atoms with Crippen LogP contribution < -0.4 is 11.3 Å². The summed E-state index contributed by atoms with van der Waals surface area (Å²) in [6.07, 6.45) is 4.63. The van der Waals surface area contributed by atoms with E-state index in [-0.39, 0.29) is 11.9 Å². The fraction of sp³-hybridized carbons (Fsp3) is 0.333. The number of hydrogen-bond acceptors (Lipinski definition) is 2. The third-order valence-corrected chi connectivity index (χ3v) is 3.16. The standard InChI is InChI=1S/C12H16BrFN2/c1-2-3-4-5-12(16-15)10-8-9(14)6-7-11(10)13/h2,6-8,12,16H,1,3-5,15H2. The van der Waals surface area contributed by atoms with Crippen LogP contribution in [0.4, 0.5) is 4.39 Å². The second kappa shape index (κ2) is 6.78. The summed E-state index contributed by atoms with van der Waals surface area (Å²) in [5, 5.41) is 0. The highest BCUT2D eigenvalue weighted by molar-refractivity contribution is 9.10. The van der Waals surface area contributed by atoms with E-state index < -0.39 is 0 Å². The number of unbranched alkanes of at least 4 members (excludes halogenated alkanes) is 1. The molecule has 1 aromatic carbocycles. The molecule has 2 nitrogen and oxygen atoms in total. The fourth-order valence-corrected chi connectivity index (χ4v) is 2.10. The first kappa shape index (κ1) is 13.4. The maximum absolute atomic E-state index is 13.1. The topological polar surface area (TPSA) is 38.0 Å². The number of hydrazine groups is 1. The molecule has 0 amide bonds. The summed E-state index contributed by atoms with van der Waals surface area (Å²) in [7, 11) is 0. The van der Waals surface area contributed by atoms with Crippen LogP contribution in [0.1, 0.15) is 30.9 Å². The van der Waals surface area contributed by atoms with Gasteiger partial charge in [0.05, 0.1) is 0 Å². The van der Waals surface area contributed by atoms with E-state index in [1.807, 2.05) is 6.08 Å². The lowest BCUT2D eigenvalue weighted by Gasteiger charge is -2.17. The first-order valence-electron chi connectivity index (χ1n) is 5.21. The van der Waals surface area contributed by atoms with Gasteiger partial charge in [0.15, 0.2) is 0 Å². The van der Waals surface area contributed by atoms with E-state index >= 15 is 0 Å². The zero-order valence-corrected chi connectivity index (χ0v) is 10.6. The number of allylic oxidation sites excluding steroid dienone is 1. The van der Waals surface area contributed by atoms with Crippen LogP contribution in [-0.2, 0) is 0 Å². The van der Waals surface area contributed by atoms with Crippen LogP contribution in [0.5, 0.6) is 0 Å². The maximum atomic E-state index is 13.1. The summed E-state index contributed by atoms with van der Waals surface area (Å²) in [6.45, 7) is 3.67. The molecule has 1 aromatic rings. The van der Waals surface area contributed by atoms with E-state index in [9.17, 15) is 4.39 Å². The maximum Gasteiger partial charge on any atom is 0.123 e. The van der Waals surface area contributed by atoms with E-state index in [0.717, 1.165) is 29.3 Å². The van der Waals surface area contributed by atoms with Gasteiger partial charge in [0, 0.05) is 10.5 Å². The molecule has 1 rings (SSSR count). The van der Waals surface area contributed by atoms with Crippen LogP contribution in [0.2, 0.25) is 0 Å². The number of halogens is 2. The Labute approximate surface area is 104 Å². The molecule has 0 aliphatic heterocycles. The Morgan fingerprint density at radius 1 is 1.56 bits per heavy atom. The second-order valence-corrected chi connectivity index (χ2v) is 4.46. The molecule has 0 saturated carbocycles. The molecule has 0 aromatic heterocycles. The van der Waals surface area contributed by atoms with Crippen LogP contribution in [-0.4, -0.2) is 0 Å². The first-order chi connectivity index (χ1) is 7.69. The molecule has 1 atom stereocenters. The van der Waals surface area contributed by atoms with Crippen molar-refractivity contribution in [2.45, 2.75) is 25.3 Å². The lowest BCUT2D eigenvalue weighted by Crippen LogP contribution is -2.28. The minimum Gasteiger partial charge on any atom is -0.271 e. The average Bonchev–Trinajstić information content (AvgIpc) is 2.28. The van der Waals surface area contributed by atoms with Crippen molar-refractivity contribution in [3.63, 3.8) is 0 Å². The van der Waals surface area contributed by atoms with Crippen LogP contribution in [0, 0.1) is 5.82 Å². The van der Waals surface area contributed by atoms with Gasteiger partial charge in [-0.25, -0.2) is 4.39 Å². The van der Waals surface area contributed by atoms with E-state index in [1.54, 1.807) is 6.07 Å². The van der Waals surface area contributed by atoms with E-state index in [2.05, 4.69) is 27.9 Å². The number of nitrogens with one attached hydrogen (secondary N) is 1. The Hall–Kier alpha value is -0.710. The molecule has 3 N–H and O–H groups in total. The molecule has 4 heteroatoms. The van der Waals surface area contributed by atoms with Gasteiger partial charge in [0.1, 0.15) is 5.82 Å². The van der Waals surface area contributed by atoms with Gasteiger partial charge in [-0.1, -0.05) is 22.0 Å². The molecule has 88 valence electrons. The van der Waals surface area contributed by atoms with Gasteiger partial charge in [-0.15, -0.1) is 6.58 Å². The van der Waals surface area contributed by atoms with Crippen LogP contribution >= 0.6 is 15.9 Å². The molecule has 0 aliphatic rings. The number of rotatable bonds is 6. The first-order valence-corrected chi connectivity index (χ1v) is 6.00. The number of benzene rings is 1. The third-order valence-electron chi connectivity index (χ3n) is 2.44. The predicted octanol–water partition coefficient (Wildman–Crippen LogP) is 3.45. The summed E-state index contributed by atoms with van der Waals surface area (Å²) in [4.78, 5) is 0. The highest BCUT2D eigenvalue weighted by Crippen LogP contribution is 2.27. The summed E-state index contributed by atoms with van der Waals surface area (Å²) in [5.41, 5.74) is 3.57. The molecular weight excluding hydrogens is 271 g/mol. The van der Waals surface area contributed by atoms with Crippen molar-refractivity contribution in [2.24, 2.45) is 5.84 Å². The summed E-state index contributed by atoms with van der Waals surface area (Å²) in [6, 6.07) is 4.58. The van der Waals surface area contributed by atoms with Crippen LogP contribution in [0.15, 0.2) is 35.3 Å². The van der Waals surface area contributed by atoms with Gasteiger partial charge in [-0.2, -0.15) is 0 Å².